The van der Waals surface area contributed by atoms with Crippen LogP contribution in [0.15, 0.2) is 66.9 Å². The lowest BCUT2D eigenvalue weighted by atomic mass is 9.86. The van der Waals surface area contributed by atoms with Gasteiger partial charge in [-0.3, -0.25) is 9.71 Å². The van der Waals surface area contributed by atoms with Crippen LogP contribution in [0.4, 0.5) is 17.1 Å². The molecule has 0 spiro atoms. The number of fused-ring (bicyclic) bond motifs is 1. The van der Waals surface area contributed by atoms with E-state index in [9.17, 15) is 8.42 Å². The SMILES string of the molecule is COc1cc(N2C(=S)N[C@@H](c3ccccn3)[C@H]2c2ccc3c(c2)C(C)=CC(C)(C)N3C)ccc1NS(C)(=O)=O. The highest BCUT2D eigenvalue weighted by Gasteiger charge is 2.41. The second-order valence-corrected chi connectivity index (χ2v) is 12.7. The van der Waals surface area contributed by atoms with Gasteiger partial charge in [-0.15, -0.1) is 0 Å². The van der Waals surface area contributed by atoms with E-state index in [1.165, 1.54) is 23.9 Å². The van der Waals surface area contributed by atoms with Crippen molar-refractivity contribution in [3.63, 3.8) is 0 Å². The van der Waals surface area contributed by atoms with Crippen LogP contribution in [0.5, 0.6) is 5.75 Å². The van der Waals surface area contributed by atoms with Crippen LogP contribution in [0.25, 0.3) is 5.57 Å². The largest absolute Gasteiger partial charge is 0.494 e. The van der Waals surface area contributed by atoms with Crippen LogP contribution in [-0.4, -0.2) is 44.5 Å². The smallest absolute Gasteiger partial charge is 0.229 e. The number of rotatable bonds is 6. The zero-order valence-corrected chi connectivity index (χ0v) is 24.5. The summed E-state index contributed by atoms with van der Waals surface area (Å²) < 4.78 is 31.8. The number of thiocarbonyl (C=S) groups is 1. The lowest BCUT2D eigenvalue weighted by molar-refractivity contribution is 0.417. The zero-order chi connectivity index (χ0) is 28.1. The Morgan fingerprint density at radius 1 is 1.13 bits per heavy atom. The predicted molar refractivity (Wildman–Crippen MR) is 162 cm³/mol. The van der Waals surface area contributed by atoms with Crippen molar-refractivity contribution in [3.05, 3.63) is 83.7 Å². The maximum absolute atomic E-state index is 11.9. The monoisotopic (exact) mass is 563 g/mol. The minimum Gasteiger partial charge on any atom is -0.494 e. The van der Waals surface area contributed by atoms with Gasteiger partial charge in [-0.2, -0.15) is 0 Å². The van der Waals surface area contributed by atoms with Gasteiger partial charge in [0.2, 0.25) is 10.0 Å². The highest BCUT2D eigenvalue weighted by atomic mass is 32.2. The number of nitrogens with one attached hydrogen (secondary N) is 2. The third-order valence-corrected chi connectivity index (χ3v) is 8.34. The molecular weight excluding hydrogens is 530 g/mol. The fourth-order valence-electron chi connectivity index (χ4n) is 5.45. The fraction of sp³-hybridized carbons (Fsp3) is 0.310. The highest BCUT2D eigenvalue weighted by Crippen LogP contribution is 2.46. The molecule has 3 aromatic rings. The minimum absolute atomic E-state index is 0.0874. The van der Waals surface area contributed by atoms with Crippen molar-refractivity contribution in [2.45, 2.75) is 38.4 Å². The molecule has 3 heterocycles. The minimum atomic E-state index is -3.48. The number of pyridine rings is 1. The van der Waals surface area contributed by atoms with Gasteiger partial charge in [-0.05, 0) is 80.5 Å². The van der Waals surface area contributed by atoms with Gasteiger partial charge in [0.1, 0.15) is 5.75 Å². The van der Waals surface area contributed by atoms with Crippen molar-refractivity contribution >= 4 is 50.0 Å². The van der Waals surface area contributed by atoms with Crippen LogP contribution in [0.1, 0.15) is 49.7 Å². The number of methoxy groups -OCH3 is 1. The van der Waals surface area contributed by atoms with Crippen LogP contribution in [0, 0.1) is 0 Å². The molecule has 2 N–H and O–H groups in total. The molecule has 0 bridgehead atoms. The maximum Gasteiger partial charge on any atom is 0.229 e. The molecule has 39 heavy (non-hydrogen) atoms. The zero-order valence-electron chi connectivity index (χ0n) is 22.9. The van der Waals surface area contributed by atoms with Crippen molar-refractivity contribution in [1.29, 1.82) is 0 Å². The van der Waals surface area contributed by atoms with Crippen molar-refractivity contribution in [1.82, 2.24) is 10.3 Å². The molecule has 0 aliphatic carbocycles. The molecule has 1 aromatic heterocycles. The Balaban J connectivity index is 1.64. The molecule has 1 saturated heterocycles. The van der Waals surface area contributed by atoms with E-state index in [0.29, 0.717) is 16.5 Å². The molecule has 0 radical (unpaired) electrons. The first kappa shape index (κ1) is 27.0. The summed E-state index contributed by atoms with van der Waals surface area (Å²) >= 11 is 5.88. The molecule has 0 saturated carbocycles. The number of aromatic nitrogens is 1. The fourth-order valence-corrected chi connectivity index (χ4v) is 6.36. The van der Waals surface area contributed by atoms with Gasteiger partial charge in [0.15, 0.2) is 5.11 Å². The average Bonchev–Trinajstić information content (AvgIpc) is 3.23. The molecule has 1 fully saturated rings. The third kappa shape index (κ3) is 5.06. The first-order valence-electron chi connectivity index (χ1n) is 12.6. The van der Waals surface area contributed by atoms with E-state index in [1.807, 2.05) is 24.3 Å². The van der Waals surface area contributed by atoms with Crippen LogP contribution in [0.2, 0.25) is 0 Å². The molecular formula is C29H33N5O3S2. The summed E-state index contributed by atoms with van der Waals surface area (Å²) in [5.74, 6) is 0.397. The number of nitrogens with zero attached hydrogens (tertiary/aromatic N) is 3. The molecule has 2 aliphatic heterocycles. The molecule has 204 valence electrons. The van der Waals surface area contributed by atoms with E-state index < -0.39 is 10.0 Å². The van der Waals surface area contributed by atoms with E-state index >= 15 is 0 Å². The van der Waals surface area contributed by atoms with E-state index in [-0.39, 0.29) is 17.6 Å². The van der Waals surface area contributed by atoms with Crippen molar-refractivity contribution in [2.24, 2.45) is 0 Å². The van der Waals surface area contributed by atoms with Gasteiger partial charge in [0.25, 0.3) is 0 Å². The molecule has 2 aromatic carbocycles. The summed E-state index contributed by atoms with van der Waals surface area (Å²) in [5.41, 5.74) is 6.58. The van der Waals surface area contributed by atoms with Gasteiger partial charge in [-0.1, -0.05) is 18.2 Å². The standard InChI is InChI=1S/C29H33N5O3S2/c1-18-17-29(2,3)33(4)24-13-10-19(15-21(18)24)27-26(23-9-7-8-14-30-23)31-28(38)34(27)20-11-12-22(25(16-20)37-5)32-39(6,35)36/h7-17,26-27,32H,1-6H3,(H,31,38)/t26-,27+/m0/s1. The quantitative estimate of drug-likeness (QED) is 0.393. The summed E-state index contributed by atoms with van der Waals surface area (Å²) in [6.07, 6.45) is 5.19. The Kier molecular flexibility index (Phi) is 6.80. The van der Waals surface area contributed by atoms with Crippen LogP contribution in [0.3, 0.4) is 0 Å². The Hall–Kier alpha value is -3.63. The Bertz CT molecular complexity index is 1570. The molecule has 8 nitrogen and oxygen atoms in total. The van der Waals surface area contributed by atoms with Crippen LogP contribution in [-0.2, 0) is 10.0 Å². The second kappa shape index (κ2) is 9.84. The number of sulfonamides is 1. The molecule has 2 aliphatic rings. The summed E-state index contributed by atoms with van der Waals surface area (Å²) in [6, 6.07) is 17.4. The summed E-state index contributed by atoms with van der Waals surface area (Å²) in [4.78, 5) is 9.00. The number of ether oxygens (including phenoxy) is 1. The van der Waals surface area contributed by atoms with Gasteiger partial charge >= 0.3 is 0 Å². The number of likely N-dealkylation sites (N-methyl/N-ethyl adjacent to an activating group) is 1. The summed E-state index contributed by atoms with van der Waals surface area (Å²) in [7, 11) is 0.155. The van der Waals surface area contributed by atoms with E-state index in [4.69, 9.17) is 17.0 Å². The van der Waals surface area contributed by atoms with Gasteiger partial charge in [0, 0.05) is 36.2 Å². The number of allylic oxidation sites excluding steroid dienone is 1. The average molecular weight is 564 g/mol. The molecule has 2 atom stereocenters. The lowest BCUT2D eigenvalue weighted by Crippen LogP contribution is -2.42. The topological polar surface area (TPSA) is 86.8 Å². The molecule has 0 amide bonds. The van der Waals surface area contributed by atoms with Crippen molar-refractivity contribution < 1.29 is 13.2 Å². The second-order valence-electron chi connectivity index (χ2n) is 10.6. The van der Waals surface area contributed by atoms with Crippen molar-refractivity contribution in [2.75, 3.05) is 34.9 Å². The van der Waals surface area contributed by atoms with E-state index in [1.54, 1.807) is 18.3 Å². The molecule has 0 unspecified atom stereocenters. The first-order valence-corrected chi connectivity index (χ1v) is 14.9. The Morgan fingerprint density at radius 3 is 2.56 bits per heavy atom. The van der Waals surface area contributed by atoms with Gasteiger partial charge < -0.3 is 19.9 Å². The first-order chi connectivity index (χ1) is 18.4. The molecule has 5 rings (SSSR count). The number of anilines is 3. The van der Waals surface area contributed by atoms with Crippen molar-refractivity contribution in [3.8, 4) is 5.75 Å². The van der Waals surface area contributed by atoms with Gasteiger partial charge in [0.05, 0.1) is 42.4 Å². The molecule has 10 heteroatoms. The number of hydrogen-bond acceptors (Lipinski definition) is 6. The summed E-state index contributed by atoms with van der Waals surface area (Å²) in [5, 5.41) is 4.03. The van der Waals surface area contributed by atoms with Gasteiger partial charge in [-0.25, -0.2) is 8.42 Å². The maximum atomic E-state index is 11.9. The normalized spacial score (nSPS) is 20.3. The lowest BCUT2D eigenvalue weighted by Gasteiger charge is -2.41. The van der Waals surface area contributed by atoms with E-state index in [2.05, 4.69) is 76.9 Å². The Morgan fingerprint density at radius 2 is 1.90 bits per heavy atom. The van der Waals surface area contributed by atoms with Crippen LogP contribution < -0.4 is 24.6 Å². The third-order valence-electron chi connectivity index (χ3n) is 7.44. The Labute approximate surface area is 235 Å². The number of benzene rings is 2. The van der Waals surface area contributed by atoms with Crippen LogP contribution >= 0.6 is 12.2 Å². The highest BCUT2D eigenvalue weighted by molar-refractivity contribution is 7.92. The number of hydrogen-bond donors (Lipinski definition) is 2. The predicted octanol–water partition coefficient (Wildman–Crippen LogP) is 5.27. The summed E-state index contributed by atoms with van der Waals surface area (Å²) in [6.45, 7) is 6.57. The van der Waals surface area contributed by atoms with E-state index in [0.717, 1.165) is 23.2 Å².